The van der Waals surface area contributed by atoms with E-state index >= 15 is 0 Å². The number of halogens is 1. The molecule has 0 spiro atoms. The molecule has 4 rings (SSSR count). The summed E-state index contributed by atoms with van der Waals surface area (Å²) in [5, 5.41) is 8.79. The average molecular weight is 314 g/mol. The lowest BCUT2D eigenvalue weighted by molar-refractivity contribution is 0.122. The number of aromatic amines is 1. The van der Waals surface area contributed by atoms with Gasteiger partial charge in [-0.2, -0.15) is 5.10 Å². The lowest BCUT2D eigenvalue weighted by Gasteiger charge is -2.29. The van der Waals surface area contributed by atoms with Crippen molar-refractivity contribution in [3.05, 3.63) is 47.6 Å². The third-order valence-electron chi connectivity index (χ3n) is 4.08. The highest BCUT2D eigenvalue weighted by molar-refractivity contribution is 6.34. The van der Waals surface area contributed by atoms with Gasteiger partial charge in [-0.25, -0.2) is 0 Å². The standard InChI is InChI=1S/C17H16ClN3O/c18-16-10-17-13(11-19-20-17)9-15(16)12-1-3-14(4-2-12)21-5-7-22-8-6-21/h1-4,9-11H,5-8H2,(H,19,20). The van der Waals surface area contributed by atoms with Gasteiger partial charge in [0.2, 0.25) is 0 Å². The number of hydrogen-bond acceptors (Lipinski definition) is 3. The number of ether oxygens (including phenoxy) is 1. The van der Waals surface area contributed by atoms with Crippen molar-refractivity contribution in [1.29, 1.82) is 0 Å². The van der Waals surface area contributed by atoms with Crippen LogP contribution in [0, 0.1) is 0 Å². The fourth-order valence-corrected chi connectivity index (χ4v) is 3.13. The molecule has 5 heteroatoms. The van der Waals surface area contributed by atoms with Crippen LogP contribution in [0.2, 0.25) is 5.02 Å². The van der Waals surface area contributed by atoms with Gasteiger partial charge < -0.3 is 9.64 Å². The Hall–Kier alpha value is -2.04. The van der Waals surface area contributed by atoms with Crippen LogP contribution in [0.15, 0.2) is 42.6 Å². The number of morpholine rings is 1. The van der Waals surface area contributed by atoms with Crippen LogP contribution < -0.4 is 4.90 Å². The van der Waals surface area contributed by atoms with Crippen LogP contribution in [0.3, 0.4) is 0 Å². The largest absolute Gasteiger partial charge is 0.378 e. The molecular formula is C17H16ClN3O. The molecule has 0 saturated carbocycles. The minimum absolute atomic E-state index is 0.732. The minimum atomic E-state index is 0.732. The van der Waals surface area contributed by atoms with E-state index in [9.17, 15) is 0 Å². The second-order valence-electron chi connectivity index (χ2n) is 5.44. The SMILES string of the molecule is Clc1cc2[nH]ncc2cc1-c1ccc(N2CCOCC2)cc1. The second-order valence-corrected chi connectivity index (χ2v) is 5.84. The van der Waals surface area contributed by atoms with Crippen LogP contribution >= 0.6 is 11.6 Å². The summed E-state index contributed by atoms with van der Waals surface area (Å²) in [6.45, 7) is 3.48. The number of H-pyrrole nitrogens is 1. The van der Waals surface area contributed by atoms with E-state index < -0.39 is 0 Å². The lowest BCUT2D eigenvalue weighted by Crippen LogP contribution is -2.36. The molecule has 2 aromatic carbocycles. The maximum Gasteiger partial charge on any atom is 0.0665 e. The molecule has 4 nitrogen and oxygen atoms in total. The van der Waals surface area contributed by atoms with E-state index in [1.165, 1.54) is 5.69 Å². The molecular weight excluding hydrogens is 298 g/mol. The van der Waals surface area contributed by atoms with Crippen LogP contribution in [-0.2, 0) is 4.74 Å². The van der Waals surface area contributed by atoms with Crippen molar-refractivity contribution in [2.45, 2.75) is 0 Å². The van der Waals surface area contributed by atoms with E-state index in [0.29, 0.717) is 0 Å². The highest BCUT2D eigenvalue weighted by Crippen LogP contribution is 2.32. The van der Waals surface area contributed by atoms with Crippen molar-refractivity contribution in [2.75, 3.05) is 31.2 Å². The molecule has 1 aliphatic heterocycles. The molecule has 0 atom stereocenters. The summed E-state index contributed by atoms with van der Waals surface area (Å²) in [5.41, 5.74) is 4.33. The first-order valence-corrected chi connectivity index (χ1v) is 7.75. The van der Waals surface area contributed by atoms with Gasteiger partial charge in [-0.05, 0) is 29.8 Å². The van der Waals surface area contributed by atoms with Crippen LogP contribution in [0.1, 0.15) is 0 Å². The molecule has 0 bridgehead atoms. The first kappa shape index (κ1) is 13.6. The van der Waals surface area contributed by atoms with Crippen molar-refractivity contribution in [2.24, 2.45) is 0 Å². The number of anilines is 1. The maximum absolute atomic E-state index is 6.41. The first-order valence-electron chi connectivity index (χ1n) is 7.37. The number of aromatic nitrogens is 2. The number of nitrogens with one attached hydrogen (secondary N) is 1. The summed E-state index contributed by atoms with van der Waals surface area (Å²) in [4.78, 5) is 2.34. The van der Waals surface area contributed by atoms with Crippen molar-refractivity contribution < 1.29 is 4.74 Å². The van der Waals surface area contributed by atoms with E-state index in [-0.39, 0.29) is 0 Å². The number of fused-ring (bicyclic) bond motifs is 1. The van der Waals surface area contributed by atoms with E-state index in [1.807, 2.05) is 12.3 Å². The van der Waals surface area contributed by atoms with Gasteiger partial charge in [0, 0.05) is 29.7 Å². The molecule has 0 aliphatic carbocycles. The first-order chi connectivity index (χ1) is 10.8. The fourth-order valence-electron chi connectivity index (χ4n) is 2.86. The summed E-state index contributed by atoms with van der Waals surface area (Å²) in [6.07, 6.45) is 1.82. The van der Waals surface area contributed by atoms with Crippen LogP contribution in [0.4, 0.5) is 5.69 Å². The van der Waals surface area contributed by atoms with Gasteiger partial charge in [0.1, 0.15) is 0 Å². The number of nitrogens with zero attached hydrogens (tertiary/aromatic N) is 2. The number of hydrogen-bond donors (Lipinski definition) is 1. The molecule has 0 radical (unpaired) electrons. The van der Waals surface area contributed by atoms with E-state index in [4.69, 9.17) is 16.3 Å². The molecule has 1 aromatic heterocycles. The third kappa shape index (κ3) is 2.45. The molecule has 1 fully saturated rings. The Labute approximate surface area is 133 Å². The smallest absolute Gasteiger partial charge is 0.0665 e. The third-order valence-corrected chi connectivity index (χ3v) is 4.40. The second kappa shape index (κ2) is 5.63. The van der Waals surface area contributed by atoms with Gasteiger partial charge in [0.25, 0.3) is 0 Å². The molecule has 2 heterocycles. The monoisotopic (exact) mass is 313 g/mol. The van der Waals surface area contributed by atoms with Crippen LogP contribution in [-0.4, -0.2) is 36.5 Å². The van der Waals surface area contributed by atoms with Crippen molar-refractivity contribution in [3.8, 4) is 11.1 Å². The maximum atomic E-state index is 6.41. The van der Waals surface area contributed by atoms with Gasteiger partial charge in [0.05, 0.1) is 29.9 Å². The summed E-state index contributed by atoms with van der Waals surface area (Å²) >= 11 is 6.41. The number of rotatable bonds is 2. The van der Waals surface area contributed by atoms with Crippen molar-refractivity contribution in [1.82, 2.24) is 10.2 Å². The van der Waals surface area contributed by atoms with E-state index in [2.05, 4.69) is 45.4 Å². The number of benzene rings is 2. The Bertz CT molecular complexity index is 791. The zero-order valence-corrected chi connectivity index (χ0v) is 12.8. The molecule has 0 unspecified atom stereocenters. The van der Waals surface area contributed by atoms with Crippen molar-refractivity contribution >= 4 is 28.2 Å². The summed E-state index contributed by atoms with van der Waals surface area (Å²) in [7, 11) is 0. The normalized spacial score (nSPS) is 15.4. The Morgan fingerprint density at radius 1 is 1.09 bits per heavy atom. The molecule has 22 heavy (non-hydrogen) atoms. The Morgan fingerprint density at radius 2 is 1.86 bits per heavy atom. The predicted octanol–water partition coefficient (Wildman–Crippen LogP) is 3.72. The molecule has 1 aliphatic rings. The summed E-state index contributed by atoms with van der Waals surface area (Å²) in [6, 6.07) is 12.5. The molecule has 0 amide bonds. The zero-order valence-electron chi connectivity index (χ0n) is 12.1. The van der Waals surface area contributed by atoms with Gasteiger partial charge >= 0.3 is 0 Å². The van der Waals surface area contributed by atoms with Crippen LogP contribution in [0.25, 0.3) is 22.0 Å². The molecule has 3 aromatic rings. The van der Waals surface area contributed by atoms with Gasteiger partial charge in [-0.3, -0.25) is 5.10 Å². The van der Waals surface area contributed by atoms with Crippen molar-refractivity contribution in [3.63, 3.8) is 0 Å². The fraction of sp³-hybridized carbons (Fsp3) is 0.235. The minimum Gasteiger partial charge on any atom is -0.378 e. The highest BCUT2D eigenvalue weighted by Gasteiger charge is 2.12. The summed E-state index contributed by atoms with van der Waals surface area (Å²) < 4.78 is 5.40. The highest BCUT2D eigenvalue weighted by atomic mass is 35.5. The lowest BCUT2D eigenvalue weighted by atomic mass is 10.0. The molecule has 1 N–H and O–H groups in total. The Morgan fingerprint density at radius 3 is 2.64 bits per heavy atom. The Balaban J connectivity index is 1.67. The molecule has 1 saturated heterocycles. The van der Waals surface area contributed by atoms with Gasteiger partial charge in [-0.15, -0.1) is 0 Å². The molecule has 112 valence electrons. The topological polar surface area (TPSA) is 41.2 Å². The summed E-state index contributed by atoms with van der Waals surface area (Å²) in [5.74, 6) is 0. The average Bonchev–Trinajstić information content (AvgIpc) is 3.02. The van der Waals surface area contributed by atoms with E-state index in [1.54, 1.807) is 0 Å². The zero-order chi connectivity index (χ0) is 14.9. The van der Waals surface area contributed by atoms with E-state index in [0.717, 1.165) is 53.4 Å². The predicted molar refractivity (Wildman–Crippen MR) is 89.6 cm³/mol. The quantitative estimate of drug-likeness (QED) is 0.784. The van der Waals surface area contributed by atoms with Crippen LogP contribution in [0.5, 0.6) is 0 Å². The Kier molecular flexibility index (Phi) is 3.48. The van der Waals surface area contributed by atoms with Gasteiger partial charge in [-0.1, -0.05) is 23.7 Å². The van der Waals surface area contributed by atoms with Gasteiger partial charge in [0.15, 0.2) is 0 Å².